The van der Waals surface area contributed by atoms with Gasteiger partial charge in [-0.1, -0.05) is 42.5 Å². The predicted molar refractivity (Wildman–Crippen MR) is 132 cm³/mol. The standard InChI is InChI=1S/C26H32N6O/c1-2-27-26(30-19-21-10-12-23(13-11-21)32-17-6-9-25(32)33)29-15-14-24-28-16-18-31(24)20-22-7-4-3-5-8-22/h3-5,7-8,10-13,16,18H,2,6,9,14-15,17,19-20H2,1H3,(H2,27,29,30). The summed E-state index contributed by atoms with van der Waals surface area (Å²) in [5.41, 5.74) is 3.35. The van der Waals surface area contributed by atoms with Crippen molar-refractivity contribution in [3.05, 3.63) is 83.9 Å². The molecule has 1 fully saturated rings. The Morgan fingerprint density at radius 1 is 1.06 bits per heavy atom. The van der Waals surface area contributed by atoms with Crippen LogP contribution in [0.5, 0.6) is 0 Å². The zero-order chi connectivity index (χ0) is 22.9. The van der Waals surface area contributed by atoms with Gasteiger partial charge in [0.1, 0.15) is 5.82 Å². The Bertz CT molecular complexity index is 1060. The third-order valence-corrected chi connectivity index (χ3v) is 5.72. The number of carbonyl (C=O) groups excluding carboxylic acids is 1. The number of rotatable bonds is 9. The van der Waals surface area contributed by atoms with Crippen LogP contribution in [0.4, 0.5) is 5.69 Å². The number of nitrogens with one attached hydrogen (secondary N) is 2. The smallest absolute Gasteiger partial charge is 0.227 e. The number of anilines is 1. The fourth-order valence-electron chi connectivity index (χ4n) is 4.00. The van der Waals surface area contributed by atoms with E-state index < -0.39 is 0 Å². The molecule has 0 spiro atoms. The number of hydrogen-bond acceptors (Lipinski definition) is 3. The van der Waals surface area contributed by atoms with Crippen LogP contribution in [-0.2, 0) is 24.3 Å². The summed E-state index contributed by atoms with van der Waals surface area (Å²) in [7, 11) is 0. The van der Waals surface area contributed by atoms with Gasteiger partial charge in [-0.05, 0) is 36.6 Å². The van der Waals surface area contributed by atoms with E-state index in [1.807, 2.05) is 47.6 Å². The lowest BCUT2D eigenvalue weighted by Gasteiger charge is -2.16. The van der Waals surface area contributed by atoms with E-state index >= 15 is 0 Å². The van der Waals surface area contributed by atoms with E-state index in [0.717, 1.165) is 62.1 Å². The normalized spacial score (nSPS) is 14.0. The van der Waals surface area contributed by atoms with Gasteiger partial charge in [0.25, 0.3) is 0 Å². The van der Waals surface area contributed by atoms with Crippen LogP contribution >= 0.6 is 0 Å². The first-order chi connectivity index (χ1) is 16.2. The number of nitrogens with zero attached hydrogens (tertiary/aromatic N) is 4. The maximum Gasteiger partial charge on any atom is 0.227 e. The molecule has 2 aromatic carbocycles. The number of guanidine groups is 1. The summed E-state index contributed by atoms with van der Waals surface area (Å²) in [6, 6.07) is 18.6. The van der Waals surface area contributed by atoms with Crippen LogP contribution < -0.4 is 15.5 Å². The van der Waals surface area contributed by atoms with E-state index in [1.165, 1.54) is 5.56 Å². The largest absolute Gasteiger partial charge is 0.357 e. The number of benzene rings is 2. The molecular formula is C26H32N6O. The van der Waals surface area contributed by atoms with Gasteiger partial charge in [-0.3, -0.25) is 4.79 Å². The second-order valence-electron chi connectivity index (χ2n) is 8.14. The number of aliphatic imine (C=N–C) groups is 1. The molecule has 0 unspecified atom stereocenters. The summed E-state index contributed by atoms with van der Waals surface area (Å²) < 4.78 is 2.19. The molecule has 1 aromatic heterocycles. The molecule has 7 nitrogen and oxygen atoms in total. The molecule has 4 rings (SSSR count). The summed E-state index contributed by atoms with van der Waals surface area (Å²) in [5.74, 6) is 2.05. The van der Waals surface area contributed by atoms with Crippen molar-refractivity contribution < 1.29 is 4.79 Å². The van der Waals surface area contributed by atoms with Crippen LogP contribution in [0.2, 0.25) is 0 Å². The molecule has 1 aliphatic rings. The monoisotopic (exact) mass is 444 g/mol. The Labute approximate surface area is 195 Å². The van der Waals surface area contributed by atoms with Crippen LogP contribution in [0.15, 0.2) is 72.0 Å². The van der Waals surface area contributed by atoms with E-state index in [-0.39, 0.29) is 5.91 Å². The summed E-state index contributed by atoms with van der Waals surface area (Å²) in [6.07, 6.45) is 6.28. The van der Waals surface area contributed by atoms with Gasteiger partial charge < -0.3 is 20.1 Å². The second-order valence-corrected chi connectivity index (χ2v) is 8.14. The van der Waals surface area contributed by atoms with Crippen molar-refractivity contribution in [2.45, 2.75) is 39.3 Å². The van der Waals surface area contributed by atoms with Gasteiger partial charge >= 0.3 is 0 Å². The molecule has 33 heavy (non-hydrogen) atoms. The van der Waals surface area contributed by atoms with Crippen molar-refractivity contribution in [2.24, 2.45) is 4.99 Å². The number of imidazole rings is 1. The van der Waals surface area contributed by atoms with E-state index in [4.69, 9.17) is 4.99 Å². The number of hydrogen-bond donors (Lipinski definition) is 2. The van der Waals surface area contributed by atoms with E-state index in [9.17, 15) is 4.79 Å². The average molecular weight is 445 g/mol. The molecular weight excluding hydrogens is 412 g/mol. The molecule has 0 radical (unpaired) electrons. The fourth-order valence-corrected chi connectivity index (χ4v) is 4.00. The highest BCUT2D eigenvalue weighted by Crippen LogP contribution is 2.21. The third-order valence-electron chi connectivity index (χ3n) is 5.72. The van der Waals surface area contributed by atoms with Crippen molar-refractivity contribution in [2.75, 3.05) is 24.5 Å². The van der Waals surface area contributed by atoms with Crippen molar-refractivity contribution >= 4 is 17.6 Å². The van der Waals surface area contributed by atoms with Gasteiger partial charge in [0.2, 0.25) is 5.91 Å². The molecule has 2 heterocycles. The summed E-state index contributed by atoms with van der Waals surface area (Å²) >= 11 is 0. The first-order valence-electron chi connectivity index (χ1n) is 11.7. The van der Waals surface area contributed by atoms with Crippen LogP contribution in [-0.4, -0.2) is 41.1 Å². The average Bonchev–Trinajstić information content (AvgIpc) is 3.47. The Morgan fingerprint density at radius 3 is 2.61 bits per heavy atom. The fraction of sp³-hybridized carbons (Fsp3) is 0.346. The lowest BCUT2D eigenvalue weighted by atomic mass is 10.2. The maximum atomic E-state index is 11.9. The van der Waals surface area contributed by atoms with E-state index in [2.05, 4.69) is 51.4 Å². The van der Waals surface area contributed by atoms with Crippen molar-refractivity contribution in [1.82, 2.24) is 20.2 Å². The molecule has 0 saturated carbocycles. The van der Waals surface area contributed by atoms with Crippen molar-refractivity contribution in [3.8, 4) is 0 Å². The molecule has 2 N–H and O–H groups in total. The third kappa shape index (κ3) is 6.22. The number of amides is 1. The predicted octanol–water partition coefficient (Wildman–Crippen LogP) is 3.36. The minimum absolute atomic E-state index is 0.212. The van der Waals surface area contributed by atoms with E-state index in [1.54, 1.807) is 0 Å². The SMILES string of the molecule is CCNC(=NCc1ccc(N2CCCC2=O)cc1)NCCc1nccn1Cc1ccccc1. The first-order valence-corrected chi connectivity index (χ1v) is 11.7. The van der Waals surface area contributed by atoms with Crippen molar-refractivity contribution in [1.29, 1.82) is 0 Å². The molecule has 1 aliphatic heterocycles. The highest BCUT2D eigenvalue weighted by Gasteiger charge is 2.21. The number of carbonyl (C=O) groups is 1. The van der Waals surface area contributed by atoms with Crippen LogP contribution in [0.3, 0.4) is 0 Å². The lowest BCUT2D eigenvalue weighted by Crippen LogP contribution is -2.38. The number of aromatic nitrogens is 2. The lowest BCUT2D eigenvalue weighted by molar-refractivity contribution is -0.117. The highest BCUT2D eigenvalue weighted by atomic mass is 16.2. The van der Waals surface area contributed by atoms with Gasteiger partial charge in [0, 0.05) is 57.1 Å². The van der Waals surface area contributed by atoms with Crippen molar-refractivity contribution in [3.63, 3.8) is 0 Å². The van der Waals surface area contributed by atoms with Gasteiger partial charge in [-0.15, -0.1) is 0 Å². The molecule has 0 bridgehead atoms. The molecule has 1 amide bonds. The maximum absolute atomic E-state index is 11.9. The molecule has 7 heteroatoms. The second kappa shape index (κ2) is 11.3. The summed E-state index contributed by atoms with van der Waals surface area (Å²) in [4.78, 5) is 23.0. The Morgan fingerprint density at radius 2 is 1.88 bits per heavy atom. The minimum atomic E-state index is 0.212. The van der Waals surface area contributed by atoms with Gasteiger partial charge in [0.05, 0.1) is 6.54 Å². The van der Waals surface area contributed by atoms with E-state index in [0.29, 0.717) is 13.0 Å². The minimum Gasteiger partial charge on any atom is -0.357 e. The first kappa shape index (κ1) is 22.6. The zero-order valence-electron chi connectivity index (χ0n) is 19.2. The molecule has 0 atom stereocenters. The molecule has 1 saturated heterocycles. The molecule has 3 aromatic rings. The molecule has 0 aliphatic carbocycles. The van der Waals surface area contributed by atoms with Crippen LogP contribution in [0.1, 0.15) is 36.7 Å². The van der Waals surface area contributed by atoms with Crippen LogP contribution in [0, 0.1) is 0 Å². The Kier molecular flexibility index (Phi) is 7.74. The quantitative estimate of drug-likeness (QED) is 0.392. The van der Waals surface area contributed by atoms with Gasteiger partial charge in [0.15, 0.2) is 5.96 Å². The zero-order valence-corrected chi connectivity index (χ0v) is 19.2. The Balaban J connectivity index is 1.30. The molecule has 172 valence electrons. The Hall–Kier alpha value is -3.61. The summed E-state index contributed by atoms with van der Waals surface area (Å²) in [5, 5.41) is 6.72. The van der Waals surface area contributed by atoms with Crippen LogP contribution in [0.25, 0.3) is 0 Å². The van der Waals surface area contributed by atoms with Gasteiger partial charge in [-0.25, -0.2) is 9.98 Å². The summed E-state index contributed by atoms with van der Waals surface area (Å²) in [6.45, 7) is 5.81. The highest BCUT2D eigenvalue weighted by molar-refractivity contribution is 5.95. The topological polar surface area (TPSA) is 74.6 Å². The van der Waals surface area contributed by atoms with Gasteiger partial charge in [-0.2, -0.15) is 0 Å².